The van der Waals surface area contributed by atoms with E-state index in [1.54, 1.807) is 24.4 Å². The van der Waals surface area contributed by atoms with Crippen LogP contribution in [0.15, 0.2) is 48.0 Å². The molecule has 2 aromatic carbocycles. The predicted molar refractivity (Wildman–Crippen MR) is 105 cm³/mol. The topological polar surface area (TPSA) is 101 Å². The van der Waals surface area contributed by atoms with Crippen LogP contribution in [-0.2, 0) is 0 Å². The van der Waals surface area contributed by atoms with Crippen molar-refractivity contribution in [2.45, 2.75) is 0 Å². The maximum atomic E-state index is 12.6. The van der Waals surface area contributed by atoms with Crippen molar-refractivity contribution in [1.29, 1.82) is 0 Å². The SMILES string of the molecule is COc1cc(NC(=O)c2cccc(Nc3nccs3)c2)c(Cl)cc1C(=O)O. The molecule has 0 atom stereocenters. The van der Waals surface area contributed by atoms with E-state index in [0.29, 0.717) is 16.4 Å². The summed E-state index contributed by atoms with van der Waals surface area (Å²) in [6.45, 7) is 0. The molecule has 3 rings (SSSR count). The van der Waals surface area contributed by atoms with Gasteiger partial charge in [0.05, 0.1) is 17.8 Å². The lowest BCUT2D eigenvalue weighted by Gasteiger charge is -2.12. The Morgan fingerprint density at radius 1 is 1.26 bits per heavy atom. The molecule has 0 saturated carbocycles. The molecule has 0 aliphatic carbocycles. The van der Waals surface area contributed by atoms with Gasteiger partial charge >= 0.3 is 5.97 Å². The molecular formula is C18H14ClN3O4S. The Morgan fingerprint density at radius 3 is 2.74 bits per heavy atom. The number of rotatable bonds is 6. The summed E-state index contributed by atoms with van der Waals surface area (Å²) in [4.78, 5) is 27.9. The van der Waals surface area contributed by atoms with Gasteiger partial charge in [0.1, 0.15) is 11.3 Å². The molecule has 0 fully saturated rings. The second-order valence-corrected chi connectivity index (χ2v) is 6.64. The summed E-state index contributed by atoms with van der Waals surface area (Å²) in [5, 5.41) is 17.6. The number of ether oxygens (including phenoxy) is 1. The number of carbonyl (C=O) groups excluding carboxylic acids is 1. The van der Waals surface area contributed by atoms with E-state index in [2.05, 4.69) is 15.6 Å². The van der Waals surface area contributed by atoms with E-state index >= 15 is 0 Å². The Morgan fingerprint density at radius 2 is 2.07 bits per heavy atom. The number of nitrogens with zero attached hydrogens (tertiary/aromatic N) is 1. The molecule has 0 saturated heterocycles. The highest BCUT2D eigenvalue weighted by atomic mass is 35.5. The van der Waals surface area contributed by atoms with Gasteiger partial charge in [0.25, 0.3) is 5.91 Å². The zero-order valence-electron chi connectivity index (χ0n) is 14.0. The first-order valence-electron chi connectivity index (χ1n) is 7.66. The third kappa shape index (κ3) is 4.36. The fraction of sp³-hybridized carbons (Fsp3) is 0.0556. The summed E-state index contributed by atoms with van der Waals surface area (Å²) in [7, 11) is 1.34. The van der Waals surface area contributed by atoms with Gasteiger partial charge in [-0.05, 0) is 24.3 Å². The molecule has 1 amide bonds. The van der Waals surface area contributed by atoms with E-state index in [4.69, 9.17) is 16.3 Å². The van der Waals surface area contributed by atoms with Crippen LogP contribution >= 0.6 is 22.9 Å². The molecule has 0 aliphatic rings. The fourth-order valence-corrected chi connectivity index (χ4v) is 3.09. The molecule has 3 aromatic rings. The number of hydrogen-bond donors (Lipinski definition) is 3. The van der Waals surface area contributed by atoms with Crippen molar-refractivity contribution in [3.05, 3.63) is 64.1 Å². The Bertz CT molecular complexity index is 992. The average Bonchev–Trinajstić information content (AvgIpc) is 3.16. The molecular weight excluding hydrogens is 390 g/mol. The van der Waals surface area contributed by atoms with Crippen LogP contribution in [0.3, 0.4) is 0 Å². The van der Waals surface area contributed by atoms with Gasteiger partial charge in [-0.3, -0.25) is 4.79 Å². The lowest BCUT2D eigenvalue weighted by Crippen LogP contribution is -2.13. The highest BCUT2D eigenvalue weighted by Crippen LogP contribution is 2.31. The number of nitrogens with one attached hydrogen (secondary N) is 2. The van der Waals surface area contributed by atoms with Gasteiger partial charge in [-0.1, -0.05) is 17.7 Å². The van der Waals surface area contributed by atoms with Crippen LogP contribution in [0.4, 0.5) is 16.5 Å². The van der Waals surface area contributed by atoms with Gasteiger partial charge in [-0.2, -0.15) is 0 Å². The molecule has 0 unspecified atom stereocenters. The molecule has 1 aromatic heterocycles. The lowest BCUT2D eigenvalue weighted by molar-refractivity contribution is 0.0693. The Balaban J connectivity index is 1.82. The number of halogens is 1. The zero-order valence-corrected chi connectivity index (χ0v) is 15.6. The molecule has 0 radical (unpaired) electrons. The number of hydrogen-bond acceptors (Lipinski definition) is 6. The van der Waals surface area contributed by atoms with Gasteiger partial charge in [0.2, 0.25) is 0 Å². The Hall–Kier alpha value is -3.10. The molecule has 27 heavy (non-hydrogen) atoms. The Labute approximate surface area is 163 Å². The van der Waals surface area contributed by atoms with Gasteiger partial charge < -0.3 is 20.5 Å². The summed E-state index contributed by atoms with van der Waals surface area (Å²) in [5.41, 5.74) is 1.27. The van der Waals surface area contributed by atoms with Crippen LogP contribution in [0, 0.1) is 0 Å². The van der Waals surface area contributed by atoms with E-state index in [9.17, 15) is 14.7 Å². The van der Waals surface area contributed by atoms with Gasteiger partial charge in [0, 0.05) is 28.9 Å². The fourth-order valence-electron chi connectivity index (χ4n) is 2.33. The first-order valence-corrected chi connectivity index (χ1v) is 8.92. The van der Waals surface area contributed by atoms with Crippen molar-refractivity contribution in [1.82, 2.24) is 4.98 Å². The summed E-state index contributed by atoms with van der Waals surface area (Å²) in [6, 6.07) is 9.49. The number of amides is 1. The summed E-state index contributed by atoms with van der Waals surface area (Å²) < 4.78 is 5.06. The van der Waals surface area contributed by atoms with Crippen molar-refractivity contribution in [2.24, 2.45) is 0 Å². The van der Waals surface area contributed by atoms with Crippen LogP contribution < -0.4 is 15.4 Å². The normalized spacial score (nSPS) is 10.3. The highest BCUT2D eigenvalue weighted by Gasteiger charge is 2.17. The minimum atomic E-state index is -1.17. The summed E-state index contributed by atoms with van der Waals surface area (Å²) in [5.74, 6) is -1.47. The monoisotopic (exact) mass is 403 g/mol. The Kier molecular flexibility index (Phi) is 5.58. The number of methoxy groups -OCH3 is 1. The second kappa shape index (κ2) is 8.07. The van der Waals surface area contributed by atoms with Crippen molar-refractivity contribution < 1.29 is 19.4 Å². The minimum absolute atomic E-state index is 0.0878. The third-order valence-electron chi connectivity index (χ3n) is 3.58. The lowest BCUT2D eigenvalue weighted by atomic mass is 10.1. The standard InChI is InChI=1S/C18H14ClN3O4S/c1-26-15-9-14(13(19)8-12(15)17(24)25)22-16(23)10-3-2-4-11(7-10)21-18-20-5-6-27-18/h2-9H,1H3,(H,20,21)(H,22,23)(H,24,25). The number of carboxylic acid groups (broad SMARTS) is 1. The van der Waals surface area contributed by atoms with E-state index in [0.717, 1.165) is 0 Å². The number of carbonyl (C=O) groups is 2. The van der Waals surface area contributed by atoms with E-state index in [1.807, 2.05) is 11.4 Å². The molecule has 7 nitrogen and oxygen atoms in total. The average molecular weight is 404 g/mol. The van der Waals surface area contributed by atoms with Crippen molar-refractivity contribution in [3.63, 3.8) is 0 Å². The second-order valence-electron chi connectivity index (χ2n) is 5.33. The van der Waals surface area contributed by atoms with Crippen molar-refractivity contribution >= 4 is 51.3 Å². The first-order chi connectivity index (χ1) is 13.0. The first kappa shape index (κ1) is 18.7. The molecule has 0 bridgehead atoms. The van der Waals surface area contributed by atoms with Crippen LogP contribution in [0.25, 0.3) is 0 Å². The van der Waals surface area contributed by atoms with Crippen molar-refractivity contribution in [3.8, 4) is 5.75 Å². The number of aromatic carboxylic acids is 1. The largest absolute Gasteiger partial charge is 0.496 e. The number of anilines is 3. The van der Waals surface area contributed by atoms with Gasteiger partial charge in [-0.25, -0.2) is 9.78 Å². The number of carboxylic acids is 1. The number of benzene rings is 2. The van der Waals surface area contributed by atoms with Gasteiger partial charge in [-0.15, -0.1) is 11.3 Å². The molecule has 138 valence electrons. The summed E-state index contributed by atoms with van der Waals surface area (Å²) >= 11 is 7.55. The minimum Gasteiger partial charge on any atom is -0.496 e. The smallest absolute Gasteiger partial charge is 0.339 e. The van der Waals surface area contributed by atoms with Crippen LogP contribution in [0.2, 0.25) is 5.02 Å². The molecule has 3 N–H and O–H groups in total. The van der Waals surface area contributed by atoms with E-state index in [1.165, 1.54) is 30.6 Å². The van der Waals surface area contributed by atoms with E-state index in [-0.39, 0.29) is 22.0 Å². The highest BCUT2D eigenvalue weighted by molar-refractivity contribution is 7.13. The van der Waals surface area contributed by atoms with E-state index < -0.39 is 11.9 Å². The molecule has 1 heterocycles. The van der Waals surface area contributed by atoms with Crippen molar-refractivity contribution in [2.75, 3.05) is 17.7 Å². The third-order valence-corrected chi connectivity index (χ3v) is 4.58. The van der Waals surface area contributed by atoms with Crippen LogP contribution in [-0.4, -0.2) is 29.1 Å². The quantitative estimate of drug-likeness (QED) is 0.560. The van der Waals surface area contributed by atoms with Gasteiger partial charge in [0.15, 0.2) is 5.13 Å². The summed E-state index contributed by atoms with van der Waals surface area (Å²) in [6.07, 6.45) is 1.68. The number of aromatic nitrogens is 1. The predicted octanol–water partition coefficient (Wildman–Crippen LogP) is 4.50. The maximum absolute atomic E-state index is 12.6. The number of thiazole rings is 1. The maximum Gasteiger partial charge on any atom is 0.339 e. The molecule has 0 spiro atoms. The molecule has 9 heteroatoms. The van der Waals surface area contributed by atoms with Crippen LogP contribution in [0.1, 0.15) is 20.7 Å². The molecule has 0 aliphatic heterocycles. The zero-order chi connectivity index (χ0) is 19.4. The van der Waals surface area contributed by atoms with Crippen LogP contribution in [0.5, 0.6) is 5.75 Å².